The molecule has 80 valence electrons. The van der Waals surface area contributed by atoms with Gasteiger partial charge in [0, 0.05) is 18.2 Å². The fraction of sp³-hybridized carbons (Fsp3) is 0.333. The molecule has 15 heavy (non-hydrogen) atoms. The minimum absolute atomic E-state index is 0.228. The Morgan fingerprint density at radius 1 is 1.40 bits per heavy atom. The number of aromatic amines is 1. The number of hydrogen-bond donors (Lipinski definition) is 2. The Kier molecular flexibility index (Phi) is 2.98. The van der Waals surface area contributed by atoms with Crippen LogP contribution in [0.4, 0.5) is 0 Å². The van der Waals surface area contributed by atoms with E-state index in [0.717, 1.165) is 28.9 Å². The summed E-state index contributed by atoms with van der Waals surface area (Å²) in [7, 11) is 0. The van der Waals surface area contributed by atoms with Gasteiger partial charge in [0.15, 0.2) is 0 Å². The number of aromatic nitrogens is 1. The van der Waals surface area contributed by atoms with Crippen LogP contribution in [0.5, 0.6) is 0 Å². The first-order chi connectivity index (χ1) is 7.22. The van der Waals surface area contributed by atoms with E-state index in [-0.39, 0.29) is 6.61 Å². The van der Waals surface area contributed by atoms with Crippen molar-refractivity contribution in [3.63, 3.8) is 0 Å². The minimum atomic E-state index is 0.228. The number of fused-ring (bicyclic) bond motifs is 1. The van der Waals surface area contributed by atoms with E-state index in [1.54, 1.807) is 0 Å². The van der Waals surface area contributed by atoms with Crippen molar-refractivity contribution >= 4 is 22.5 Å². The van der Waals surface area contributed by atoms with E-state index in [2.05, 4.69) is 11.1 Å². The number of benzene rings is 1. The van der Waals surface area contributed by atoms with Crippen molar-refractivity contribution in [2.24, 2.45) is 0 Å². The van der Waals surface area contributed by atoms with Gasteiger partial charge in [0.25, 0.3) is 0 Å². The molecule has 1 aromatic carbocycles. The van der Waals surface area contributed by atoms with Crippen molar-refractivity contribution in [1.82, 2.24) is 4.98 Å². The third-order valence-electron chi connectivity index (χ3n) is 2.58. The van der Waals surface area contributed by atoms with E-state index in [1.165, 1.54) is 10.9 Å². The molecule has 2 nitrogen and oxygen atoms in total. The first-order valence-corrected chi connectivity index (χ1v) is 5.47. The standard InChI is InChI=1S/C12H14ClNO/c1-8-5-10-9(3-2-4-15)7-14-12(10)11(13)6-8/h5-7,14-15H,2-4H2,1H3. The van der Waals surface area contributed by atoms with E-state index in [0.29, 0.717) is 0 Å². The summed E-state index contributed by atoms with van der Waals surface area (Å²) in [4.78, 5) is 3.18. The fourth-order valence-corrected chi connectivity index (χ4v) is 2.18. The molecular weight excluding hydrogens is 210 g/mol. The Balaban J connectivity index is 2.49. The average molecular weight is 224 g/mol. The maximum Gasteiger partial charge on any atom is 0.0649 e. The van der Waals surface area contributed by atoms with E-state index < -0.39 is 0 Å². The molecule has 2 N–H and O–H groups in total. The normalized spacial score (nSPS) is 11.1. The highest BCUT2D eigenvalue weighted by Gasteiger charge is 2.06. The Labute approximate surface area is 93.9 Å². The van der Waals surface area contributed by atoms with Crippen LogP contribution in [0, 0.1) is 6.92 Å². The van der Waals surface area contributed by atoms with Gasteiger partial charge < -0.3 is 10.1 Å². The summed E-state index contributed by atoms with van der Waals surface area (Å²) in [6.45, 7) is 2.26. The van der Waals surface area contributed by atoms with E-state index in [4.69, 9.17) is 16.7 Å². The third-order valence-corrected chi connectivity index (χ3v) is 2.87. The van der Waals surface area contributed by atoms with Gasteiger partial charge >= 0.3 is 0 Å². The molecule has 0 saturated heterocycles. The molecule has 1 aromatic heterocycles. The summed E-state index contributed by atoms with van der Waals surface area (Å²) in [6, 6.07) is 4.08. The molecular formula is C12H14ClNO. The second-order valence-electron chi connectivity index (χ2n) is 3.81. The van der Waals surface area contributed by atoms with Gasteiger partial charge in [-0.05, 0) is 43.0 Å². The third kappa shape index (κ3) is 2.01. The van der Waals surface area contributed by atoms with Gasteiger partial charge in [-0.1, -0.05) is 11.6 Å². The molecule has 2 rings (SSSR count). The van der Waals surface area contributed by atoms with Gasteiger partial charge in [0.1, 0.15) is 0 Å². The van der Waals surface area contributed by atoms with Gasteiger partial charge in [-0.2, -0.15) is 0 Å². The van der Waals surface area contributed by atoms with Gasteiger partial charge in [-0.15, -0.1) is 0 Å². The number of nitrogens with one attached hydrogen (secondary N) is 1. The Hall–Kier alpha value is -0.990. The van der Waals surface area contributed by atoms with Crippen LogP contribution in [0.2, 0.25) is 5.02 Å². The van der Waals surface area contributed by atoms with Gasteiger partial charge in [-0.25, -0.2) is 0 Å². The molecule has 0 atom stereocenters. The summed E-state index contributed by atoms with van der Waals surface area (Å²) >= 11 is 6.13. The smallest absolute Gasteiger partial charge is 0.0649 e. The van der Waals surface area contributed by atoms with E-state index >= 15 is 0 Å². The topological polar surface area (TPSA) is 36.0 Å². The van der Waals surface area contributed by atoms with Crippen LogP contribution < -0.4 is 0 Å². The predicted molar refractivity (Wildman–Crippen MR) is 63.5 cm³/mol. The highest BCUT2D eigenvalue weighted by molar-refractivity contribution is 6.35. The van der Waals surface area contributed by atoms with E-state index in [1.807, 2.05) is 19.2 Å². The van der Waals surface area contributed by atoms with Gasteiger partial charge in [-0.3, -0.25) is 0 Å². The summed E-state index contributed by atoms with van der Waals surface area (Å²) in [5, 5.41) is 10.7. The fourth-order valence-electron chi connectivity index (χ4n) is 1.86. The largest absolute Gasteiger partial charge is 0.396 e. The second-order valence-corrected chi connectivity index (χ2v) is 4.22. The van der Waals surface area contributed by atoms with Crippen LogP contribution in [0.1, 0.15) is 17.5 Å². The Morgan fingerprint density at radius 3 is 2.93 bits per heavy atom. The molecule has 1 heterocycles. The zero-order valence-corrected chi connectivity index (χ0v) is 9.43. The van der Waals surface area contributed by atoms with Crippen LogP contribution in [0.15, 0.2) is 18.3 Å². The molecule has 0 saturated carbocycles. The number of aryl methyl sites for hydroxylation is 2. The summed E-state index contributed by atoms with van der Waals surface area (Å²) in [5.74, 6) is 0. The Morgan fingerprint density at radius 2 is 2.20 bits per heavy atom. The van der Waals surface area contributed by atoms with Crippen molar-refractivity contribution in [3.8, 4) is 0 Å². The molecule has 0 unspecified atom stereocenters. The lowest BCUT2D eigenvalue weighted by Gasteiger charge is -2.00. The number of rotatable bonds is 3. The molecule has 0 fully saturated rings. The quantitative estimate of drug-likeness (QED) is 0.825. The number of H-pyrrole nitrogens is 1. The first-order valence-electron chi connectivity index (χ1n) is 5.09. The maximum absolute atomic E-state index is 8.81. The molecule has 0 aliphatic heterocycles. The van der Waals surface area contributed by atoms with Crippen molar-refractivity contribution in [2.75, 3.05) is 6.61 Å². The molecule has 0 bridgehead atoms. The van der Waals surface area contributed by atoms with Crippen molar-refractivity contribution in [1.29, 1.82) is 0 Å². The molecule has 0 radical (unpaired) electrons. The second kappa shape index (κ2) is 4.25. The van der Waals surface area contributed by atoms with Crippen LogP contribution in [0.25, 0.3) is 10.9 Å². The summed E-state index contributed by atoms with van der Waals surface area (Å²) in [5.41, 5.74) is 3.39. The number of halogens is 1. The van der Waals surface area contributed by atoms with Gasteiger partial charge in [0.05, 0.1) is 10.5 Å². The van der Waals surface area contributed by atoms with E-state index in [9.17, 15) is 0 Å². The van der Waals surface area contributed by atoms with Crippen LogP contribution >= 0.6 is 11.6 Å². The maximum atomic E-state index is 8.81. The molecule has 0 aliphatic rings. The Bertz CT molecular complexity index is 476. The monoisotopic (exact) mass is 223 g/mol. The van der Waals surface area contributed by atoms with Crippen LogP contribution in [0.3, 0.4) is 0 Å². The lowest BCUT2D eigenvalue weighted by atomic mass is 10.1. The lowest BCUT2D eigenvalue weighted by molar-refractivity contribution is 0.289. The molecule has 3 heteroatoms. The van der Waals surface area contributed by atoms with Crippen LogP contribution in [-0.4, -0.2) is 16.7 Å². The first kappa shape index (κ1) is 10.5. The van der Waals surface area contributed by atoms with Crippen molar-refractivity contribution < 1.29 is 5.11 Å². The zero-order valence-electron chi connectivity index (χ0n) is 8.68. The molecule has 0 aliphatic carbocycles. The van der Waals surface area contributed by atoms with Gasteiger partial charge in [0.2, 0.25) is 0 Å². The molecule has 2 aromatic rings. The number of aliphatic hydroxyl groups is 1. The summed E-state index contributed by atoms with van der Waals surface area (Å²) in [6.07, 6.45) is 3.65. The molecule has 0 spiro atoms. The van der Waals surface area contributed by atoms with Crippen molar-refractivity contribution in [2.45, 2.75) is 19.8 Å². The highest BCUT2D eigenvalue weighted by Crippen LogP contribution is 2.27. The SMILES string of the molecule is Cc1cc(Cl)c2[nH]cc(CCCO)c2c1. The zero-order chi connectivity index (χ0) is 10.8. The average Bonchev–Trinajstić information content (AvgIpc) is 2.58. The van der Waals surface area contributed by atoms with Crippen molar-refractivity contribution in [3.05, 3.63) is 34.5 Å². The number of hydrogen-bond acceptors (Lipinski definition) is 1. The summed E-state index contributed by atoms with van der Waals surface area (Å²) < 4.78 is 0. The lowest BCUT2D eigenvalue weighted by Crippen LogP contribution is -1.87. The number of aliphatic hydroxyl groups excluding tert-OH is 1. The minimum Gasteiger partial charge on any atom is -0.396 e. The highest BCUT2D eigenvalue weighted by atomic mass is 35.5. The predicted octanol–water partition coefficient (Wildman–Crippen LogP) is 3.05. The molecule has 0 amide bonds. The van der Waals surface area contributed by atoms with Crippen LogP contribution in [-0.2, 0) is 6.42 Å².